The van der Waals surface area contributed by atoms with Crippen molar-refractivity contribution in [3.8, 4) is 17.2 Å². The molecule has 1 atom stereocenters. The van der Waals surface area contributed by atoms with Gasteiger partial charge in [0, 0.05) is 0 Å². The van der Waals surface area contributed by atoms with Crippen LogP contribution in [-0.4, -0.2) is 12.2 Å². The second-order valence-electron chi connectivity index (χ2n) is 4.81. The number of aryl methyl sites for hydroxylation is 1. The van der Waals surface area contributed by atoms with Crippen LogP contribution >= 0.6 is 11.6 Å². The third-order valence-corrected chi connectivity index (χ3v) is 3.59. The molecule has 0 heterocycles. The Hall–Kier alpha value is -1.71. The highest BCUT2D eigenvalue weighted by molar-refractivity contribution is 6.32. The summed E-state index contributed by atoms with van der Waals surface area (Å²) in [5.74, 6) is 1.81. The summed E-state index contributed by atoms with van der Waals surface area (Å²) in [7, 11) is 1.61. The van der Waals surface area contributed by atoms with Crippen LogP contribution in [0.2, 0.25) is 5.02 Å². The van der Waals surface area contributed by atoms with Gasteiger partial charge in [0.1, 0.15) is 5.75 Å². The summed E-state index contributed by atoms with van der Waals surface area (Å²) in [6.07, 6.45) is 0.371. The summed E-state index contributed by atoms with van der Waals surface area (Å²) < 4.78 is 11.2. The molecule has 0 radical (unpaired) electrons. The number of methoxy groups -OCH3 is 1. The molecule has 0 spiro atoms. The molecule has 112 valence electrons. The Labute approximate surface area is 130 Å². The molecule has 21 heavy (non-hydrogen) atoms. The van der Waals surface area contributed by atoms with Crippen LogP contribution in [0.3, 0.4) is 0 Å². The molecule has 0 bridgehead atoms. The van der Waals surface area contributed by atoms with E-state index in [-0.39, 0.29) is 0 Å². The van der Waals surface area contributed by atoms with Crippen LogP contribution in [0.4, 0.5) is 0 Å². The van der Waals surface area contributed by atoms with E-state index >= 15 is 0 Å². The maximum Gasteiger partial charge on any atom is 0.169 e. The third kappa shape index (κ3) is 3.69. The first-order valence-corrected chi connectivity index (χ1v) is 7.25. The first kappa shape index (κ1) is 15.7. The standard InChI is InChI=1S/C17H19ClO3/c1-4-12-5-7-16(17(9-12)20-3)21-15-8-6-13(11(2)19)10-14(15)18/h5-11,19H,4H2,1-3H3. The van der Waals surface area contributed by atoms with E-state index in [0.29, 0.717) is 22.3 Å². The molecular formula is C17H19ClO3. The molecular weight excluding hydrogens is 288 g/mol. The topological polar surface area (TPSA) is 38.7 Å². The lowest BCUT2D eigenvalue weighted by molar-refractivity contribution is 0.199. The zero-order chi connectivity index (χ0) is 15.4. The van der Waals surface area contributed by atoms with Gasteiger partial charge < -0.3 is 14.6 Å². The van der Waals surface area contributed by atoms with Crippen LogP contribution < -0.4 is 9.47 Å². The smallest absolute Gasteiger partial charge is 0.169 e. The van der Waals surface area contributed by atoms with Gasteiger partial charge in [0.15, 0.2) is 11.5 Å². The summed E-state index contributed by atoms with van der Waals surface area (Å²) in [4.78, 5) is 0. The minimum absolute atomic E-state index is 0.454. The number of hydrogen-bond acceptors (Lipinski definition) is 3. The lowest BCUT2D eigenvalue weighted by Gasteiger charge is -2.13. The molecule has 0 aliphatic rings. The number of halogens is 1. The van der Waals surface area contributed by atoms with Crippen molar-refractivity contribution in [3.05, 3.63) is 52.5 Å². The van der Waals surface area contributed by atoms with Crippen LogP contribution in [0.15, 0.2) is 36.4 Å². The average molecular weight is 307 g/mol. The monoisotopic (exact) mass is 306 g/mol. The summed E-state index contributed by atoms with van der Waals surface area (Å²) in [6.45, 7) is 3.78. The van der Waals surface area contributed by atoms with Crippen molar-refractivity contribution in [3.63, 3.8) is 0 Å². The molecule has 2 rings (SSSR count). The minimum Gasteiger partial charge on any atom is -0.493 e. The van der Waals surface area contributed by atoms with Gasteiger partial charge in [-0.3, -0.25) is 0 Å². The maximum atomic E-state index is 9.55. The lowest BCUT2D eigenvalue weighted by Crippen LogP contribution is -1.94. The molecule has 1 N–H and O–H groups in total. The zero-order valence-electron chi connectivity index (χ0n) is 12.4. The van der Waals surface area contributed by atoms with E-state index in [0.717, 1.165) is 12.0 Å². The first-order valence-electron chi connectivity index (χ1n) is 6.87. The van der Waals surface area contributed by atoms with Crippen LogP contribution in [0.25, 0.3) is 0 Å². The first-order chi connectivity index (χ1) is 10.0. The van der Waals surface area contributed by atoms with E-state index < -0.39 is 6.10 Å². The Bertz CT molecular complexity index is 623. The predicted octanol–water partition coefficient (Wildman–Crippen LogP) is 4.76. The van der Waals surface area contributed by atoms with E-state index in [9.17, 15) is 5.11 Å². The predicted molar refractivity (Wildman–Crippen MR) is 84.5 cm³/mol. The van der Waals surface area contributed by atoms with E-state index in [2.05, 4.69) is 6.92 Å². The Morgan fingerprint density at radius 1 is 1.10 bits per heavy atom. The quantitative estimate of drug-likeness (QED) is 0.866. The Morgan fingerprint density at radius 2 is 1.81 bits per heavy atom. The van der Waals surface area contributed by atoms with Gasteiger partial charge in [0.05, 0.1) is 18.2 Å². The molecule has 4 heteroatoms. The largest absolute Gasteiger partial charge is 0.493 e. The molecule has 0 aliphatic carbocycles. The van der Waals surface area contributed by atoms with Crippen molar-refractivity contribution >= 4 is 11.6 Å². The van der Waals surface area contributed by atoms with Gasteiger partial charge in [-0.2, -0.15) is 0 Å². The second kappa shape index (κ2) is 6.83. The van der Waals surface area contributed by atoms with Gasteiger partial charge >= 0.3 is 0 Å². The third-order valence-electron chi connectivity index (χ3n) is 3.29. The Morgan fingerprint density at radius 3 is 2.38 bits per heavy atom. The number of aliphatic hydroxyl groups excluding tert-OH is 1. The summed E-state index contributed by atoms with van der Waals surface area (Å²) in [5.41, 5.74) is 1.93. The number of benzene rings is 2. The molecule has 0 saturated carbocycles. The second-order valence-corrected chi connectivity index (χ2v) is 5.21. The summed E-state index contributed by atoms with van der Waals surface area (Å²) in [5, 5.41) is 10.0. The van der Waals surface area contributed by atoms with Gasteiger partial charge in [-0.05, 0) is 48.7 Å². The van der Waals surface area contributed by atoms with Gasteiger partial charge in [0.25, 0.3) is 0 Å². The fourth-order valence-corrected chi connectivity index (χ4v) is 2.22. The molecule has 3 nitrogen and oxygen atoms in total. The molecule has 1 unspecified atom stereocenters. The van der Waals surface area contributed by atoms with Gasteiger partial charge in [-0.1, -0.05) is 30.7 Å². The lowest BCUT2D eigenvalue weighted by atomic mass is 10.1. The van der Waals surface area contributed by atoms with E-state index in [1.54, 1.807) is 32.2 Å². The van der Waals surface area contributed by atoms with Crippen LogP contribution in [0, 0.1) is 0 Å². The van der Waals surface area contributed by atoms with Crippen molar-refractivity contribution < 1.29 is 14.6 Å². The van der Waals surface area contributed by atoms with Gasteiger partial charge in [-0.15, -0.1) is 0 Å². The molecule has 0 saturated heterocycles. The summed E-state index contributed by atoms with van der Waals surface area (Å²) in [6, 6.07) is 11.1. The maximum absolute atomic E-state index is 9.55. The van der Waals surface area contributed by atoms with Crippen LogP contribution in [-0.2, 0) is 6.42 Å². The van der Waals surface area contributed by atoms with Crippen molar-refractivity contribution in [2.45, 2.75) is 26.4 Å². The highest BCUT2D eigenvalue weighted by atomic mass is 35.5. The van der Waals surface area contributed by atoms with E-state index in [4.69, 9.17) is 21.1 Å². The molecule has 2 aromatic rings. The van der Waals surface area contributed by atoms with Crippen molar-refractivity contribution in [2.75, 3.05) is 7.11 Å². The number of hydrogen-bond donors (Lipinski definition) is 1. The number of aliphatic hydroxyl groups is 1. The minimum atomic E-state index is -0.560. The normalized spacial score (nSPS) is 12.0. The van der Waals surface area contributed by atoms with Gasteiger partial charge in [0.2, 0.25) is 0 Å². The molecule has 0 aliphatic heterocycles. The fraction of sp³-hybridized carbons (Fsp3) is 0.294. The zero-order valence-corrected chi connectivity index (χ0v) is 13.1. The van der Waals surface area contributed by atoms with Crippen molar-refractivity contribution in [2.24, 2.45) is 0 Å². The van der Waals surface area contributed by atoms with Crippen molar-refractivity contribution in [1.29, 1.82) is 0 Å². The molecule has 0 aromatic heterocycles. The molecule has 2 aromatic carbocycles. The fourth-order valence-electron chi connectivity index (χ4n) is 1.99. The summed E-state index contributed by atoms with van der Waals surface area (Å²) >= 11 is 6.20. The molecule has 0 fully saturated rings. The van der Waals surface area contributed by atoms with Gasteiger partial charge in [-0.25, -0.2) is 0 Å². The number of ether oxygens (including phenoxy) is 2. The van der Waals surface area contributed by atoms with E-state index in [1.807, 2.05) is 18.2 Å². The van der Waals surface area contributed by atoms with Crippen LogP contribution in [0.5, 0.6) is 17.2 Å². The Balaban J connectivity index is 2.29. The van der Waals surface area contributed by atoms with Crippen molar-refractivity contribution in [1.82, 2.24) is 0 Å². The number of rotatable bonds is 5. The average Bonchev–Trinajstić information content (AvgIpc) is 2.49. The van der Waals surface area contributed by atoms with E-state index in [1.165, 1.54) is 5.56 Å². The van der Waals surface area contributed by atoms with Crippen LogP contribution in [0.1, 0.15) is 31.1 Å². The highest BCUT2D eigenvalue weighted by Crippen LogP contribution is 2.36. The Kier molecular flexibility index (Phi) is 5.10. The highest BCUT2D eigenvalue weighted by Gasteiger charge is 2.11. The molecule has 0 amide bonds. The SMILES string of the molecule is CCc1ccc(Oc2ccc(C(C)O)cc2Cl)c(OC)c1.